The van der Waals surface area contributed by atoms with Gasteiger partial charge in [-0.1, -0.05) is 41.9 Å². The van der Waals surface area contributed by atoms with Gasteiger partial charge < -0.3 is 25.4 Å². The molecule has 1 aromatic heterocycles. The fourth-order valence-corrected chi connectivity index (χ4v) is 5.79. The van der Waals surface area contributed by atoms with Crippen molar-refractivity contribution in [3.05, 3.63) is 70.9 Å². The minimum Gasteiger partial charge on any atom is -0.354 e. The number of H-pyrrole nitrogens is 1. The van der Waals surface area contributed by atoms with E-state index in [2.05, 4.69) is 32.5 Å². The number of carbonyl (C=O) groups excluding carboxylic acids is 2. The van der Waals surface area contributed by atoms with E-state index in [1.54, 1.807) is 12.1 Å². The Kier molecular flexibility index (Phi) is 8.13. The normalized spacial score (nSPS) is 19.1. The number of benzene rings is 2. The first-order valence-electron chi connectivity index (χ1n) is 13.3. The van der Waals surface area contributed by atoms with Gasteiger partial charge in [-0.2, -0.15) is 0 Å². The van der Waals surface area contributed by atoms with Crippen molar-refractivity contribution in [3.8, 4) is 0 Å². The van der Waals surface area contributed by atoms with E-state index in [0.29, 0.717) is 29.2 Å². The molecule has 196 valence electrons. The fraction of sp³-hybridized carbons (Fsp3) is 0.448. The van der Waals surface area contributed by atoms with Gasteiger partial charge in [-0.3, -0.25) is 9.59 Å². The standard InChI is InChI=1S/C29H36ClN5O2/c1-34-13-11-24(12-14-34)35-15-9-20(10-16-35)19-31-29(37)27(21-5-3-2-4-6-21)33-28(36)26-18-22-17-23(30)7-8-25(22)32-26/h2-8,17-18,20,24,27,32H,9-16,19H2,1H3,(H,31,37)(H,33,36)/t27-/m1/s1. The number of rotatable bonds is 7. The number of nitrogens with zero attached hydrogens (tertiary/aromatic N) is 2. The molecule has 8 heteroatoms. The van der Waals surface area contributed by atoms with Crippen LogP contribution in [0.15, 0.2) is 54.6 Å². The second-order valence-corrected chi connectivity index (χ2v) is 10.9. The third kappa shape index (κ3) is 6.35. The summed E-state index contributed by atoms with van der Waals surface area (Å²) in [5, 5.41) is 7.53. The topological polar surface area (TPSA) is 80.5 Å². The van der Waals surface area contributed by atoms with Gasteiger partial charge in [-0.25, -0.2) is 0 Å². The molecule has 7 nitrogen and oxygen atoms in total. The third-order valence-corrected chi connectivity index (χ3v) is 8.15. The summed E-state index contributed by atoms with van der Waals surface area (Å²) in [5.41, 5.74) is 1.97. The van der Waals surface area contributed by atoms with Crippen LogP contribution in [0.25, 0.3) is 10.9 Å². The van der Waals surface area contributed by atoms with E-state index in [0.717, 1.165) is 42.4 Å². The van der Waals surface area contributed by atoms with Crippen LogP contribution < -0.4 is 10.6 Å². The van der Waals surface area contributed by atoms with Gasteiger partial charge in [-0.05, 0) is 94.7 Å². The van der Waals surface area contributed by atoms with E-state index in [-0.39, 0.29) is 11.8 Å². The molecule has 3 N–H and O–H groups in total. The first-order chi connectivity index (χ1) is 18.0. The summed E-state index contributed by atoms with van der Waals surface area (Å²) in [6, 6.07) is 16.5. The number of halogens is 1. The Hall–Kier alpha value is -2.87. The molecule has 2 amide bonds. The van der Waals surface area contributed by atoms with E-state index >= 15 is 0 Å². The highest BCUT2D eigenvalue weighted by Gasteiger charge is 2.29. The summed E-state index contributed by atoms with van der Waals surface area (Å²) in [6.45, 7) is 5.18. The van der Waals surface area contributed by atoms with Crippen LogP contribution in [-0.4, -0.2) is 72.4 Å². The maximum absolute atomic E-state index is 13.3. The predicted molar refractivity (Wildman–Crippen MR) is 148 cm³/mol. The number of aromatic nitrogens is 1. The molecule has 2 aromatic carbocycles. The molecule has 0 spiro atoms. The van der Waals surface area contributed by atoms with Gasteiger partial charge in [0.25, 0.3) is 5.91 Å². The number of hydrogen-bond donors (Lipinski definition) is 3. The Morgan fingerprint density at radius 1 is 1.00 bits per heavy atom. The number of piperidine rings is 2. The molecule has 0 aliphatic carbocycles. The second-order valence-electron chi connectivity index (χ2n) is 10.5. The van der Waals surface area contributed by atoms with Crippen LogP contribution in [0.1, 0.15) is 47.8 Å². The SMILES string of the molecule is CN1CCC(N2CCC(CNC(=O)[C@H](NC(=O)c3cc4cc(Cl)ccc4[nH]3)c3ccccc3)CC2)CC1. The molecule has 5 rings (SSSR count). The lowest BCUT2D eigenvalue weighted by atomic mass is 9.93. The van der Waals surface area contributed by atoms with Crippen molar-refractivity contribution >= 4 is 34.3 Å². The van der Waals surface area contributed by atoms with Crippen LogP contribution >= 0.6 is 11.6 Å². The molecule has 3 heterocycles. The monoisotopic (exact) mass is 521 g/mol. The van der Waals surface area contributed by atoms with E-state index in [4.69, 9.17) is 11.6 Å². The molecular formula is C29H36ClN5O2. The number of nitrogens with one attached hydrogen (secondary N) is 3. The van der Waals surface area contributed by atoms with E-state index in [1.165, 1.54) is 25.9 Å². The Balaban J connectivity index is 1.19. The van der Waals surface area contributed by atoms with E-state index in [9.17, 15) is 9.59 Å². The molecule has 0 saturated carbocycles. The number of carbonyl (C=O) groups is 2. The number of aromatic amines is 1. The van der Waals surface area contributed by atoms with Crippen molar-refractivity contribution in [2.75, 3.05) is 39.8 Å². The minimum atomic E-state index is -0.775. The highest BCUT2D eigenvalue weighted by atomic mass is 35.5. The van der Waals surface area contributed by atoms with Gasteiger partial charge in [0.2, 0.25) is 5.91 Å². The molecule has 2 aliphatic heterocycles. The zero-order valence-electron chi connectivity index (χ0n) is 21.4. The largest absolute Gasteiger partial charge is 0.354 e. The molecule has 3 aromatic rings. The van der Waals surface area contributed by atoms with Crippen molar-refractivity contribution in [3.63, 3.8) is 0 Å². The Bertz CT molecular complexity index is 1210. The van der Waals surface area contributed by atoms with Gasteiger partial charge in [0, 0.05) is 28.5 Å². The molecule has 37 heavy (non-hydrogen) atoms. The summed E-state index contributed by atoms with van der Waals surface area (Å²) in [4.78, 5) is 34.7. The van der Waals surface area contributed by atoms with Gasteiger partial charge in [0.1, 0.15) is 11.7 Å². The van der Waals surface area contributed by atoms with Crippen LogP contribution in [0.4, 0.5) is 0 Å². The van der Waals surface area contributed by atoms with Crippen LogP contribution in [0.5, 0.6) is 0 Å². The zero-order chi connectivity index (χ0) is 25.8. The number of hydrogen-bond acceptors (Lipinski definition) is 4. The van der Waals surface area contributed by atoms with E-state index in [1.807, 2.05) is 42.5 Å². The van der Waals surface area contributed by atoms with Crippen LogP contribution in [0.2, 0.25) is 5.02 Å². The smallest absolute Gasteiger partial charge is 0.268 e. The summed E-state index contributed by atoms with van der Waals surface area (Å²) in [6.07, 6.45) is 4.68. The lowest BCUT2D eigenvalue weighted by Crippen LogP contribution is -2.48. The first kappa shape index (κ1) is 25.8. The van der Waals surface area contributed by atoms with Gasteiger partial charge in [-0.15, -0.1) is 0 Å². The van der Waals surface area contributed by atoms with Crippen LogP contribution in [0, 0.1) is 5.92 Å². The van der Waals surface area contributed by atoms with Gasteiger partial charge in [0.05, 0.1) is 0 Å². The average Bonchev–Trinajstić information content (AvgIpc) is 3.35. The van der Waals surface area contributed by atoms with Crippen molar-refractivity contribution in [2.24, 2.45) is 5.92 Å². The molecular weight excluding hydrogens is 486 g/mol. The lowest BCUT2D eigenvalue weighted by molar-refractivity contribution is -0.123. The number of amides is 2. The van der Waals surface area contributed by atoms with E-state index < -0.39 is 6.04 Å². The van der Waals surface area contributed by atoms with Crippen molar-refractivity contribution in [2.45, 2.75) is 37.8 Å². The molecule has 2 saturated heterocycles. The summed E-state index contributed by atoms with van der Waals surface area (Å²) < 4.78 is 0. The predicted octanol–water partition coefficient (Wildman–Crippen LogP) is 4.21. The maximum atomic E-state index is 13.3. The average molecular weight is 522 g/mol. The zero-order valence-corrected chi connectivity index (χ0v) is 22.1. The fourth-order valence-electron chi connectivity index (χ4n) is 5.61. The highest BCUT2D eigenvalue weighted by Crippen LogP contribution is 2.24. The van der Waals surface area contributed by atoms with Crippen LogP contribution in [-0.2, 0) is 4.79 Å². The summed E-state index contributed by atoms with van der Waals surface area (Å²) in [5.74, 6) is -0.0590. The summed E-state index contributed by atoms with van der Waals surface area (Å²) >= 11 is 6.09. The second kappa shape index (κ2) is 11.7. The molecule has 2 fully saturated rings. The summed E-state index contributed by atoms with van der Waals surface area (Å²) in [7, 11) is 2.20. The molecule has 0 radical (unpaired) electrons. The van der Waals surface area contributed by atoms with Gasteiger partial charge in [0.15, 0.2) is 0 Å². The van der Waals surface area contributed by atoms with Crippen molar-refractivity contribution in [1.82, 2.24) is 25.4 Å². The van der Waals surface area contributed by atoms with Crippen molar-refractivity contribution in [1.29, 1.82) is 0 Å². The van der Waals surface area contributed by atoms with Gasteiger partial charge >= 0.3 is 0 Å². The number of likely N-dealkylation sites (tertiary alicyclic amines) is 2. The maximum Gasteiger partial charge on any atom is 0.268 e. The number of fused-ring (bicyclic) bond motifs is 1. The van der Waals surface area contributed by atoms with Crippen LogP contribution in [0.3, 0.4) is 0 Å². The quantitative estimate of drug-likeness (QED) is 0.435. The first-order valence-corrected chi connectivity index (χ1v) is 13.7. The Morgan fingerprint density at radius 2 is 1.73 bits per heavy atom. The van der Waals surface area contributed by atoms with Crippen molar-refractivity contribution < 1.29 is 9.59 Å². The highest BCUT2D eigenvalue weighted by molar-refractivity contribution is 6.31. The Morgan fingerprint density at radius 3 is 2.46 bits per heavy atom. The Labute approximate surface area is 223 Å². The molecule has 2 aliphatic rings. The minimum absolute atomic E-state index is 0.184. The molecule has 0 bridgehead atoms. The lowest BCUT2D eigenvalue weighted by Gasteiger charge is -2.41. The molecule has 0 unspecified atom stereocenters. The molecule has 1 atom stereocenters. The third-order valence-electron chi connectivity index (χ3n) is 7.92.